The van der Waals surface area contributed by atoms with Crippen molar-refractivity contribution >= 4 is 21.8 Å². The summed E-state index contributed by atoms with van der Waals surface area (Å²) in [6.45, 7) is 0.683. The normalized spacial score (nSPS) is 23.0. The van der Waals surface area contributed by atoms with Crippen molar-refractivity contribution in [3.8, 4) is 0 Å². The Kier molecular flexibility index (Phi) is 3.76. The average molecular weight is 301 g/mol. The van der Waals surface area contributed by atoms with Crippen molar-refractivity contribution in [3.05, 3.63) is 29.8 Å². The predicted octanol–water partition coefficient (Wildman–Crippen LogP) is 2.47. The number of nitrogens with zero attached hydrogens (tertiary/aromatic N) is 2. The van der Waals surface area contributed by atoms with Gasteiger partial charge in [0.1, 0.15) is 0 Å². The molecule has 0 saturated heterocycles. The first-order chi connectivity index (χ1) is 8.08. The molecule has 1 amide bonds. The van der Waals surface area contributed by atoms with Gasteiger partial charge in [-0.15, -0.1) is 0 Å². The van der Waals surface area contributed by atoms with Crippen molar-refractivity contribution in [2.45, 2.75) is 17.7 Å². The molecule has 0 bridgehead atoms. The minimum Gasteiger partial charge on any atom is -0.341 e. The Morgan fingerprint density at radius 2 is 2.35 bits per heavy atom. The molecule has 1 aliphatic rings. The third-order valence-corrected chi connectivity index (χ3v) is 3.81. The van der Waals surface area contributed by atoms with E-state index in [2.05, 4.69) is 20.9 Å². The molecule has 0 radical (unpaired) electrons. The zero-order chi connectivity index (χ0) is 12.4. The summed E-state index contributed by atoms with van der Waals surface area (Å²) in [4.78, 5) is 17.8. The van der Waals surface area contributed by atoms with Crippen molar-refractivity contribution in [2.75, 3.05) is 13.6 Å². The van der Waals surface area contributed by atoms with E-state index < -0.39 is 5.82 Å². The number of alkyl halides is 1. The summed E-state index contributed by atoms with van der Waals surface area (Å²) in [7, 11) is 1.71. The number of rotatable bonds is 3. The van der Waals surface area contributed by atoms with Gasteiger partial charge in [-0.3, -0.25) is 9.78 Å². The zero-order valence-corrected chi connectivity index (χ0v) is 11.2. The molecule has 2 rings (SSSR count). The molecule has 1 heterocycles. The highest BCUT2D eigenvalue weighted by molar-refractivity contribution is 9.09. The van der Waals surface area contributed by atoms with E-state index in [0.29, 0.717) is 17.3 Å². The molecule has 0 spiro atoms. The highest BCUT2D eigenvalue weighted by Gasteiger charge is 2.29. The highest BCUT2D eigenvalue weighted by atomic mass is 79.9. The SMILES string of the molecule is CN(CC1CC(Br)C1)C(=O)c1ccncc1F. The average Bonchev–Trinajstić information content (AvgIpc) is 2.26. The number of pyridine rings is 1. The second kappa shape index (κ2) is 5.12. The molecule has 17 heavy (non-hydrogen) atoms. The molecule has 3 nitrogen and oxygen atoms in total. The summed E-state index contributed by atoms with van der Waals surface area (Å²) < 4.78 is 13.4. The van der Waals surface area contributed by atoms with Gasteiger partial charge in [0.25, 0.3) is 5.91 Å². The molecule has 5 heteroatoms. The van der Waals surface area contributed by atoms with E-state index in [0.717, 1.165) is 19.0 Å². The van der Waals surface area contributed by atoms with Gasteiger partial charge in [0.15, 0.2) is 5.82 Å². The first-order valence-electron chi connectivity index (χ1n) is 5.57. The standard InChI is InChI=1S/C12H14BrFN2O/c1-16(7-8-4-9(13)5-8)12(17)10-2-3-15-6-11(10)14/h2-3,6,8-9H,4-5,7H2,1H3. The number of carbonyl (C=O) groups is 1. The Balaban J connectivity index is 1.97. The number of amides is 1. The van der Waals surface area contributed by atoms with Crippen LogP contribution >= 0.6 is 15.9 Å². The minimum absolute atomic E-state index is 0.0946. The fraction of sp³-hybridized carbons (Fsp3) is 0.500. The first-order valence-corrected chi connectivity index (χ1v) is 6.48. The van der Waals surface area contributed by atoms with Crippen LogP contribution in [0.4, 0.5) is 4.39 Å². The molecule has 1 saturated carbocycles. The van der Waals surface area contributed by atoms with E-state index in [1.54, 1.807) is 11.9 Å². The van der Waals surface area contributed by atoms with Gasteiger partial charge >= 0.3 is 0 Å². The Labute approximate surface area is 108 Å². The molecule has 92 valence electrons. The maximum Gasteiger partial charge on any atom is 0.256 e. The lowest BCUT2D eigenvalue weighted by atomic mass is 9.85. The fourth-order valence-electron chi connectivity index (χ4n) is 2.03. The van der Waals surface area contributed by atoms with Gasteiger partial charge in [-0.05, 0) is 24.8 Å². The molecule has 1 aliphatic carbocycles. The number of hydrogen-bond donors (Lipinski definition) is 0. The van der Waals surface area contributed by atoms with E-state index >= 15 is 0 Å². The number of aromatic nitrogens is 1. The molecule has 1 aromatic heterocycles. The predicted molar refractivity (Wildman–Crippen MR) is 66.6 cm³/mol. The summed E-state index contributed by atoms with van der Waals surface area (Å²) in [5.74, 6) is -0.308. The van der Waals surface area contributed by atoms with Crippen LogP contribution in [0.2, 0.25) is 0 Å². The summed E-state index contributed by atoms with van der Waals surface area (Å²) in [6.07, 6.45) is 4.66. The lowest BCUT2D eigenvalue weighted by molar-refractivity contribution is 0.0744. The van der Waals surface area contributed by atoms with Crippen molar-refractivity contribution < 1.29 is 9.18 Å². The van der Waals surface area contributed by atoms with Crippen molar-refractivity contribution in [2.24, 2.45) is 5.92 Å². The van der Waals surface area contributed by atoms with Gasteiger partial charge in [0, 0.05) is 24.6 Å². The van der Waals surface area contributed by atoms with E-state index in [-0.39, 0.29) is 11.5 Å². The molecular weight excluding hydrogens is 287 g/mol. The lowest BCUT2D eigenvalue weighted by Crippen LogP contribution is -2.38. The topological polar surface area (TPSA) is 33.2 Å². The molecule has 0 aliphatic heterocycles. The summed E-state index contributed by atoms with van der Waals surface area (Å²) in [6, 6.07) is 1.42. The fourth-order valence-corrected chi connectivity index (χ4v) is 3.09. The minimum atomic E-state index is -0.559. The van der Waals surface area contributed by atoms with Crippen LogP contribution in [0.25, 0.3) is 0 Å². The van der Waals surface area contributed by atoms with Gasteiger partial charge in [-0.1, -0.05) is 15.9 Å². The van der Waals surface area contributed by atoms with Crippen LogP contribution in [0.5, 0.6) is 0 Å². The van der Waals surface area contributed by atoms with Gasteiger partial charge < -0.3 is 4.90 Å². The monoisotopic (exact) mass is 300 g/mol. The van der Waals surface area contributed by atoms with Crippen LogP contribution in [0, 0.1) is 11.7 Å². The first kappa shape index (κ1) is 12.5. The van der Waals surface area contributed by atoms with Crippen molar-refractivity contribution in [1.82, 2.24) is 9.88 Å². The van der Waals surface area contributed by atoms with Gasteiger partial charge in [-0.25, -0.2) is 4.39 Å². The van der Waals surface area contributed by atoms with Crippen LogP contribution < -0.4 is 0 Å². The number of hydrogen-bond acceptors (Lipinski definition) is 2. The number of halogens is 2. The Hall–Kier alpha value is -0.970. The Bertz CT molecular complexity index is 421. The van der Waals surface area contributed by atoms with E-state index in [1.807, 2.05) is 0 Å². The van der Waals surface area contributed by atoms with Gasteiger partial charge in [0.2, 0.25) is 0 Å². The highest BCUT2D eigenvalue weighted by Crippen LogP contribution is 2.33. The van der Waals surface area contributed by atoms with Gasteiger partial charge in [-0.2, -0.15) is 0 Å². The summed E-state index contributed by atoms with van der Waals surface area (Å²) >= 11 is 3.51. The van der Waals surface area contributed by atoms with E-state index in [9.17, 15) is 9.18 Å². The van der Waals surface area contributed by atoms with Crippen LogP contribution in [0.1, 0.15) is 23.2 Å². The molecular formula is C12H14BrFN2O. The lowest BCUT2D eigenvalue weighted by Gasteiger charge is -2.34. The molecule has 0 N–H and O–H groups in total. The summed E-state index contributed by atoms with van der Waals surface area (Å²) in [5, 5.41) is 0. The third-order valence-electron chi connectivity index (χ3n) is 3.06. The van der Waals surface area contributed by atoms with Crippen molar-refractivity contribution in [1.29, 1.82) is 0 Å². The third kappa shape index (κ3) is 2.83. The van der Waals surface area contributed by atoms with E-state index in [4.69, 9.17) is 0 Å². The van der Waals surface area contributed by atoms with E-state index in [1.165, 1.54) is 12.3 Å². The van der Waals surface area contributed by atoms with Crippen molar-refractivity contribution in [3.63, 3.8) is 0 Å². The largest absolute Gasteiger partial charge is 0.341 e. The van der Waals surface area contributed by atoms with Gasteiger partial charge in [0.05, 0.1) is 11.8 Å². The Morgan fingerprint density at radius 1 is 1.65 bits per heavy atom. The van der Waals surface area contributed by atoms with Crippen LogP contribution in [-0.4, -0.2) is 34.2 Å². The molecule has 0 unspecified atom stereocenters. The quantitative estimate of drug-likeness (QED) is 0.804. The molecule has 0 atom stereocenters. The second-order valence-corrected chi connectivity index (χ2v) is 5.77. The second-order valence-electron chi connectivity index (χ2n) is 4.48. The zero-order valence-electron chi connectivity index (χ0n) is 9.57. The maximum atomic E-state index is 13.4. The van der Waals surface area contributed by atoms with Crippen LogP contribution in [0.3, 0.4) is 0 Å². The molecule has 0 aromatic carbocycles. The maximum absolute atomic E-state index is 13.4. The Morgan fingerprint density at radius 3 is 2.94 bits per heavy atom. The van der Waals surface area contributed by atoms with Crippen LogP contribution in [0.15, 0.2) is 18.5 Å². The van der Waals surface area contributed by atoms with Crippen LogP contribution in [-0.2, 0) is 0 Å². The summed E-state index contributed by atoms with van der Waals surface area (Å²) in [5.41, 5.74) is 0.0946. The molecule has 1 fully saturated rings. The number of carbonyl (C=O) groups excluding carboxylic acids is 1. The molecule has 1 aromatic rings. The smallest absolute Gasteiger partial charge is 0.256 e.